The van der Waals surface area contributed by atoms with Crippen LogP contribution in [0.3, 0.4) is 0 Å². The van der Waals surface area contributed by atoms with E-state index in [1.807, 2.05) is 6.07 Å². The Kier molecular flexibility index (Phi) is 5.05. The van der Waals surface area contributed by atoms with E-state index in [1.54, 1.807) is 36.4 Å². The lowest BCUT2D eigenvalue weighted by Gasteiger charge is -2.09. The van der Waals surface area contributed by atoms with Crippen LogP contribution in [0.5, 0.6) is 0 Å². The molecule has 1 aromatic carbocycles. The first kappa shape index (κ1) is 15.2. The molecule has 0 saturated heterocycles. The molecule has 0 radical (unpaired) electrons. The fraction of sp³-hybridized carbons (Fsp3) is 0.133. The van der Waals surface area contributed by atoms with Gasteiger partial charge in [-0.1, -0.05) is 30.3 Å². The third-order valence-electron chi connectivity index (χ3n) is 2.85. The van der Waals surface area contributed by atoms with Crippen molar-refractivity contribution < 1.29 is 14.7 Å². The standard InChI is InChI=1S/C15H13BrN2O3/c16-13-7-3-6-12(18-13)15(21)17-9-11-5-2-1-4-10(11)8-14(19)20/h1-7H,8-9H2,(H,17,21)(H,19,20). The van der Waals surface area contributed by atoms with Gasteiger partial charge in [0, 0.05) is 6.54 Å². The molecule has 5 nitrogen and oxygen atoms in total. The van der Waals surface area contributed by atoms with E-state index in [1.165, 1.54) is 0 Å². The number of hydrogen-bond acceptors (Lipinski definition) is 3. The van der Waals surface area contributed by atoms with Crippen molar-refractivity contribution in [1.82, 2.24) is 10.3 Å². The fourth-order valence-electron chi connectivity index (χ4n) is 1.87. The average molecular weight is 349 g/mol. The maximum absolute atomic E-state index is 12.0. The van der Waals surface area contributed by atoms with Crippen LogP contribution in [0, 0.1) is 0 Å². The van der Waals surface area contributed by atoms with Crippen molar-refractivity contribution in [2.24, 2.45) is 0 Å². The van der Waals surface area contributed by atoms with E-state index in [2.05, 4.69) is 26.2 Å². The van der Waals surface area contributed by atoms with Crippen molar-refractivity contribution in [3.8, 4) is 0 Å². The number of hydrogen-bond donors (Lipinski definition) is 2. The largest absolute Gasteiger partial charge is 0.481 e. The van der Waals surface area contributed by atoms with Crippen LogP contribution in [0.15, 0.2) is 47.1 Å². The minimum Gasteiger partial charge on any atom is -0.481 e. The van der Waals surface area contributed by atoms with Crippen molar-refractivity contribution in [2.75, 3.05) is 0 Å². The Balaban J connectivity index is 2.06. The summed E-state index contributed by atoms with van der Waals surface area (Å²) < 4.78 is 0.585. The first-order valence-electron chi connectivity index (χ1n) is 6.25. The Bertz CT molecular complexity index is 673. The van der Waals surface area contributed by atoms with E-state index >= 15 is 0 Å². The molecule has 2 N–H and O–H groups in total. The van der Waals surface area contributed by atoms with Gasteiger partial charge in [-0.3, -0.25) is 9.59 Å². The predicted octanol–water partition coefficient (Wildman–Crippen LogP) is 2.40. The molecule has 0 bridgehead atoms. The van der Waals surface area contributed by atoms with Crippen molar-refractivity contribution >= 4 is 27.8 Å². The maximum Gasteiger partial charge on any atom is 0.307 e. The van der Waals surface area contributed by atoms with Crippen LogP contribution < -0.4 is 5.32 Å². The summed E-state index contributed by atoms with van der Waals surface area (Å²) in [5.74, 6) is -1.20. The van der Waals surface area contributed by atoms with Gasteiger partial charge in [-0.25, -0.2) is 4.98 Å². The summed E-state index contributed by atoms with van der Waals surface area (Å²) in [6.07, 6.45) is -0.0683. The molecule has 0 atom stereocenters. The van der Waals surface area contributed by atoms with Gasteiger partial charge in [-0.2, -0.15) is 0 Å². The van der Waals surface area contributed by atoms with Gasteiger partial charge in [-0.05, 0) is 39.2 Å². The first-order valence-corrected chi connectivity index (χ1v) is 7.05. The molecule has 108 valence electrons. The van der Waals surface area contributed by atoms with Crippen molar-refractivity contribution in [3.63, 3.8) is 0 Å². The van der Waals surface area contributed by atoms with E-state index in [9.17, 15) is 9.59 Å². The lowest BCUT2D eigenvalue weighted by molar-refractivity contribution is -0.136. The predicted molar refractivity (Wildman–Crippen MR) is 80.9 cm³/mol. The molecule has 0 aliphatic carbocycles. The molecule has 0 unspecified atom stereocenters. The molecule has 2 rings (SSSR count). The Morgan fingerprint density at radius 2 is 1.81 bits per heavy atom. The number of pyridine rings is 1. The summed E-state index contributed by atoms with van der Waals surface area (Å²) in [7, 11) is 0. The van der Waals surface area contributed by atoms with Crippen LogP contribution in [0.25, 0.3) is 0 Å². The van der Waals surface area contributed by atoms with Crippen LogP contribution in [0.4, 0.5) is 0 Å². The minimum atomic E-state index is -0.901. The number of benzene rings is 1. The van der Waals surface area contributed by atoms with E-state index < -0.39 is 5.97 Å². The molecule has 0 fully saturated rings. The number of carboxylic acids is 1. The van der Waals surface area contributed by atoms with Crippen LogP contribution in [0.1, 0.15) is 21.6 Å². The van der Waals surface area contributed by atoms with Gasteiger partial charge in [0.2, 0.25) is 0 Å². The molecule has 6 heteroatoms. The average Bonchev–Trinajstić information content (AvgIpc) is 2.45. The molecule has 0 aliphatic heterocycles. The minimum absolute atomic E-state index is 0.0683. The topological polar surface area (TPSA) is 79.3 Å². The molecule has 0 saturated carbocycles. The molecule has 0 aliphatic rings. The lowest BCUT2D eigenvalue weighted by Crippen LogP contribution is -2.24. The molecular formula is C15H13BrN2O3. The quantitative estimate of drug-likeness (QED) is 0.813. The second kappa shape index (κ2) is 6.99. The fourth-order valence-corrected chi connectivity index (χ4v) is 2.21. The highest BCUT2D eigenvalue weighted by Crippen LogP contribution is 2.10. The number of halogens is 1. The number of carbonyl (C=O) groups is 2. The summed E-state index contributed by atoms with van der Waals surface area (Å²) >= 11 is 3.21. The Morgan fingerprint density at radius 1 is 1.10 bits per heavy atom. The summed E-state index contributed by atoms with van der Waals surface area (Å²) in [6.45, 7) is 0.260. The highest BCUT2D eigenvalue weighted by atomic mass is 79.9. The van der Waals surface area contributed by atoms with E-state index in [0.717, 1.165) is 5.56 Å². The molecule has 21 heavy (non-hydrogen) atoms. The summed E-state index contributed by atoms with van der Waals surface area (Å²) in [6, 6.07) is 12.2. The van der Waals surface area contributed by atoms with Gasteiger partial charge < -0.3 is 10.4 Å². The molecule has 1 heterocycles. The van der Waals surface area contributed by atoms with E-state index in [0.29, 0.717) is 15.9 Å². The van der Waals surface area contributed by atoms with Crippen LogP contribution >= 0.6 is 15.9 Å². The smallest absolute Gasteiger partial charge is 0.307 e. The number of nitrogens with one attached hydrogen (secondary N) is 1. The SMILES string of the molecule is O=C(O)Cc1ccccc1CNC(=O)c1cccc(Br)n1. The van der Waals surface area contributed by atoms with Gasteiger partial charge in [0.1, 0.15) is 10.3 Å². The zero-order chi connectivity index (χ0) is 15.2. The second-order valence-corrected chi connectivity index (χ2v) is 5.18. The normalized spacial score (nSPS) is 10.1. The number of nitrogens with zero attached hydrogens (tertiary/aromatic N) is 1. The third kappa shape index (κ3) is 4.39. The number of aliphatic carboxylic acids is 1. The lowest BCUT2D eigenvalue weighted by atomic mass is 10.0. The van der Waals surface area contributed by atoms with Crippen molar-refractivity contribution in [2.45, 2.75) is 13.0 Å². The molecule has 1 aromatic heterocycles. The van der Waals surface area contributed by atoms with Gasteiger partial charge >= 0.3 is 5.97 Å². The van der Waals surface area contributed by atoms with Gasteiger partial charge in [0.05, 0.1) is 6.42 Å². The Hall–Kier alpha value is -2.21. The number of aromatic nitrogens is 1. The number of carboxylic acid groups (broad SMARTS) is 1. The van der Waals surface area contributed by atoms with Gasteiger partial charge in [-0.15, -0.1) is 0 Å². The highest BCUT2D eigenvalue weighted by molar-refractivity contribution is 9.10. The van der Waals surface area contributed by atoms with Crippen LogP contribution in [-0.2, 0) is 17.8 Å². The molecule has 0 spiro atoms. The van der Waals surface area contributed by atoms with E-state index in [-0.39, 0.29) is 18.9 Å². The number of carbonyl (C=O) groups excluding carboxylic acids is 1. The molecule has 1 amide bonds. The summed E-state index contributed by atoms with van der Waals surface area (Å²) in [5, 5.41) is 11.6. The summed E-state index contributed by atoms with van der Waals surface area (Å²) in [5.41, 5.74) is 1.77. The van der Waals surface area contributed by atoms with Crippen molar-refractivity contribution in [1.29, 1.82) is 0 Å². The monoisotopic (exact) mass is 348 g/mol. The van der Waals surface area contributed by atoms with Crippen LogP contribution in [-0.4, -0.2) is 22.0 Å². The van der Waals surface area contributed by atoms with Crippen LogP contribution in [0.2, 0.25) is 0 Å². The van der Waals surface area contributed by atoms with E-state index in [4.69, 9.17) is 5.11 Å². The summed E-state index contributed by atoms with van der Waals surface area (Å²) in [4.78, 5) is 26.9. The number of amides is 1. The zero-order valence-electron chi connectivity index (χ0n) is 11.0. The zero-order valence-corrected chi connectivity index (χ0v) is 12.6. The highest BCUT2D eigenvalue weighted by Gasteiger charge is 2.10. The Labute approximate surface area is 130 Å². The maximum atomic E-state index is 12.0. The van der Waals surface area contributed by atoms with Crippen molar-refractivity contribution in [3.05, 3.63) is 63.9 Å². The molecule has 2 aromatic rings. The first-order chi connectivity index (χ1) is 10.1. The molecular weight excluding hydrogens is 336 g/mol. The third-order valence-corrected chi connectivity index (χ3v) is 3.29. The Morgan fingerprint density at radius 3 is 2.48 bits per heavy atom. The number of rotatable bonds is 5. The van der Waals surface area contributed by atoms with Gasteiger partial charge in [0.15, 0.2) is 0 Å². The second-order valence-electron chi connectivity index (χ2n) is 4.37. The van der Waals surface area contributed by atoms with Gasteiger partial charge in [0.25, 0.3) is 5.91 Å².